The molecule has 0 saturated heterocycles. The van der Waals surface area contributed by atoms with Gasteiger partial charge in [-0.15, -0.1) is 12.4 Å². The summed E-state index contributed by atoms with van der Waals surface area (Å²) in [6.45, 7) is 2.74. The Bertz CT molecular complexity index is 613. The quantitative estimate of drug-likeness (QED) is 0.301. The largest absolute Gasteiger partial charge is 0.462 e. The average molecular weight is 384 g/mol. The number of benzene rings is 1. The highest BCUT2D eigenvalue weighted by Crippen LogP contribution is 2.29. The molecular formula is C18H26ClN3O4. The van der Waals surface area contributed by atoms with Crippen molar-refractivity contribution >= 4 is 30.3 Å². The highest BCUT2D eigenvalue weighted by Gasteiger charge is 2.27. The van der Waals surface area contributed by atoms with E-state index >= 15 is 0 Å². The van der Waals surface area contributed by atoms with E-state index < -0.39 is 5.97 Å². The number of hydrogen-bond donors (Lipinski definition) is 3. The molecule has 26 heavy (non-hydrogen) atoms. The standard InChI is InChI=1S/C18H25N3O4.ClH/c1-2-24-16(22)13-7-9-15(10-8-13)25-17(23)14-5-3-12(4-6-14)11-21-18(19)20;/h7-10,12,14H,2-6,11H2,1H3,(H4,19,20,21);1H/t12-,14-;. The molecule has 0 atom stereocenters. The van der Waals surface area contributed by atoms with Gasteiger partial charge in [0.2, 0.25) is 0 Å². The molecule has 1 aromatic carbocycles. The van der Waals surface area contributed by atoms with Gasteiger partial charge in [0.05, 0.1) is 18.1 Å². The maximum atomic E-state index is 12.3. The van der Waals surface area contributed by atoms with Crippen molar-refractivity contribution < 1.29 is 19.1 Å². The van der Waals surface area contributed by atoms with E-state index in [0.29, 0.717) is 30.4 Å². The first-order valence-corrected chi connectivity index (χ1v) is 8.56. The van der Waals surface area contributed by atoms with Gasteiger partial charge in [-0.3, -0.25) is 10.2 Å². The van der Waals surface area contributed by atoms with E-state index in [1.165, 1.54) is 0 Å². The molecule has 0 heterocycles. The third-order valence-electron chi connectivity index (χ3n) is 4.35. The zero-order chi connectivity index (χ0) is 18.2. The van der Waals surface area contributed by atoms with Crippen LogP contribution in [0.1, 0.15) is 43.0 Å². The minimum Gasteiger partial charge on any atom is -0.462 e. The molecule has 0 radical (unpaired) electrons. The van der Waals surface area contributed by atoms with Gasteiger partial charge in [-0.1, -0.05) is 0 Å². The van der Waals surface area contributed by atoms with Crippen LogP contribution in [0.2, 0.25) is 0 Å². The van der Waals surface area contributed by atoms with Crippen LogP contribution >= 0.6 is 12.4 Å². The van der Waals surface area contributed by atoms with E-state index in [-0.39, 0.29) is 30.3 Å². The van der Waals surface area contributed by atoms with Gasteiger partial charge in [-0.25, -0.2) is 4.79 Å². The van der Waals surface area contributed by atoms with Gasteiger partial charge in [-0.05, 0) is 62.8 Å². The monoisotopic (exact) mass is 383 g/mol. The van der Waals surface area contributed by atoms with Gasteiger partial charge in [-0.2, -0.15) is 0 Å². The van der Waals surface area contributed by atoms with Crippen molar-refractivity contribution in [1.82, 2.24) is 5.32 Å². The van der Waals surface area contributed by atoms with Crippen molar-refractivity contribution in [2.75, 3.05) is 13.2 Å². The predicted octanol–water partition coefficient (Wildman–Crippen LogP) is 2.48. The van der Waals surface area contributed by atoms with Gasteiger partial charge < -0.3 is 20.5 Å². The van der Waals surface area contributed by atoms with Crippen molar-refractivity contribution in [2.45, 2.75) is 32.6 Å². The lowest BCUT2D eigenvalue weighted by molar-refractivity contribution is -0.140. The first-order chi connectivity index (χ1) is 12.0. The summed E-state index contributed by atoms with van der Waals surface area (Å²) in [6, 6.07) is 6.38. The molecule has 1 fully saturated rings. The number of carbonyl (C=O) groups excluding carboxylic acids is 2. The number of hydrogen-bond acceptors (Lipinski definition) is 5. The highest BCUT2D eigenvalue weighted by molar-refractivity contribution is 5.89. The molecule has 2 rings (SSSR count). The molecule has 4 N–H and O–H groups in total. The minimum atomic E-state index is -0.391. The van der Waals surface area contributed by atoms with Gasteiger partial charge in [0, 0.05) is 6.54 Å². The smallest absolute Gasteiger partial charge is 0.338 e. The number of ether oxygens (including phenoxy) is 2. The minimum absolute atomic E-state index is 0. The van der Waals surface area contributed by atoms with E-state index in [4.69, 9.17) is 20.6 Å². The van der Waals surface area contributed by atoms with E-state index in [1.54, 1.807) is 31.2 Å². The fourth-order valence-electron chi connectivity index (χ4n) is 2.93. The molecule has 7 nitrogen and oxygen atoms in total. The average Bonchev–Trinajstić information content (AvgIpc) is 2.61. The van der Waals surface area contributed by atoms with Gasteiger partial charge in [0.1, 0.15) is 5.75 Å². The third kappa shape index (κ3) is 6.55. The van der Waals surface area contributed by atoms with E-state index in [9.17, 15) is 9.59 Å². The number of carbonyl (C=O) groups is 2. The molecule has 0 amide bonds. The second kappa shape index (κ2) is 10.7. The molecule has 1 saturated carbocycles. The summed E-state index contributed by atoms with van der Waals surface area (Å²) >= 11 is 0. The molecule has 144 valence electrons. The molecule has 8 heteroatoms. The molecular weight excluding hydrogens is 358 g/mol. The Kier molecular flexibility index (Phi) is 8.92. The fourth-order valence-corrected chi connectivity index (χ4v) is 2.93. The van der Waals surface area contributed by atoms with Crippen molar-refractivity contribution in [1.29, 1.82) is 5.41 Å². The second-order valence-corrected chi connectivity index (χ2v) is 6.18. The number of guanidine groups is 1. The first-order valence-electron chi connectivity index (χ1n) is 8.56. The maximum Gasteiger partial charge on any atom is 0.338 e. The molecule has 0 bridgehead atoms. The Morgan fingerprint density at radius 2 is 1.81 bits per heavy atom. The van der Waals surface area contributed by atoms with Gasteiger partial charge in [0.15, 0.2) is 5.96 Å². The summed E-state index contributed by atoms with van der Waals surface area (Å²) in [5.74, 6) is 0.0982. The molecule has 1 aliphatic carbocycles. The highest BCUT2D eigenvalue weighted by atomic mass is 35.5. The zero-order valence-corrected chi connectivity index (χ0v) is 15.6. The lowest BCUT2D eigenvalue weighted by Gasteiger charge is -2.27. The second-order valence-electron chi connectivity index (χ2n) is 6.18. The predicted molar refractivity (Wildman–Crippen MR) is 101 cm³/mol. The van der Waals surface area contributed by atoms with Crippen LogP contribution in [0, 0.1) is 17.2 Å². The van der Waals surface area contributed by atoms with Gasteiger partial charge >= 0.3 is 11.9 Å². The molecule has 0 spiro atoms. The maximum absolute atomic E-state index is 12.3. The summed E-state index contributed by atoms with van der Waals surface area (Å²) in [7, 11) is 0. The Morgan fingerprint density at radius 1 is 1.19 bits per heavy atom. The Balaban J connectivity index is 0.00000338. The SMILES string of the molecule is CCOC(=O)c1ccc(OC(=O)[C@H]2CC[C@H](CNC(=N)N)CC2)cc1.Cl. The third-order valence-corrected chi connectivity index (χ3v) is 4.35. The van der Waals surface area contributed by atoms with Crippen LogP contribution in [0.4, 0.5) is 0 Å². The van der Waals surface area contributed by atoms with Crippen LogP contribution in [0.3, 0.4) is 0 Å². The van der Waals surface area contributed by atoms with Crippen LogP contribution in [-0.2, 0) is 9.53 Å². The van der Waals surface area contributed by atoms with E-state index in [0.717, 1.165) is 25.7 Å². The number of nitrogens with one attached hydrogen (secondary N) is 2. The normalized spacial score (nSPS) is 19.0. The van der Waals surface area contributed by atoms with E-state index in [1.807, 2.05) is 0 Å². The summed E-state index contributed by atoms with van der Waals surface area (Å²) in [5.41, 5.74) is 5.72. The lowest BCUT2D eigenvalue weighted by atomic mass is 9.82. The molecule has 1 aliphatic rings. The molecule has 0 unspecified atom stereocenters. The van der Waals surface area contributed by atoms with Crippen LogP contribution in [-0.4, -0.2) is 31.0 Å². The fraction of sp³-hybridized carbons (Fsp3) is 0.500. The summed E-state index contributed by atoms with van der Waals surface area (Å²) < 4.78 is 10.3. The number of esters is 2. The number of nitrogens with two attached hydrogens (primary N) is 1. The molecule has 0 aromatic heterocycles. The lowest BCUT2D eigenvalue weighted by Crippen LogP contribution is -2.36. The van der Waals surface area contributed by atoms with Crippen molar-refractivity contribution in [3.8, 4) is 5.75 Å². The van der Waals surface area contributed by atoms with Crippen molar-refractivity contribution in [2.24, 2.45) is 17.6 Å². The van der Waals surface area contributed by atoms with Gasteiger partial charge in [0.25, 0.3) is 0 Å². The van der Waals surface area contributed by atoms with Crippen LogP contribution in [0.5, 0.6) is 5.75 Å². The zero-order valence-electron chi connectivity index (χ0n) is 14.8. The Labute approximate surface area is 159 Å². The van der Waals surface area contributed by atoms with Crippen molar-refractivity contribution in [3.05, 3.63) is 29.8 Å². The van der Waals surface area contributed by atoms with E-state index in [2.05, 4.69) is 5.32 Å². The number of rotatable bonds is 6. The Morgan fingerprint density at radius 3 is 2.35 bits per heavy atom. The first kappa shape index (κ1) is 21.8. The summed E-state index contributed by atoms with van der Waals surface area (Å²) in [4.78, 5) is 23.9. The summed E-state index contributed by atoms with van der Waals surface area (Å²) in [5, 5.41) is 10.0. The summed E-state index contributed by atoms with van der Waals surface area (Å²) in [6.07, 6.45) is 3.34. The van der Waals surface area contributed by atoms with Crippen LogP contribution in [0.15, 0.2) is 24.3 Å². The topological polar surface area (TPSA) is 114 Å². The molecule has 0 aliphatic heterocycles. The number of halogens is 1. The van der Waals surface area contributed by atoms with Crippen molar-refractivity contribution in [3.63, 3.8) is 0 Å². The van der Waals surface area contributed by atoms with Crippen LogP contribution < -0.4 is 15.8 Å². The Hall–Kier alpha value is -2.28. The van der Waals surface area contributed by atoms with Crippen LogP contribution in [0.25, 0.3) is 0 Å². The molecule has 1 aromatic rings.